The molecular weight excluding hydrogens is 394 g/mol. The van der Waals surface area contributed by atoms with E-state index in [9.17, 15) is 13.6 Å². The van der Waals surface area contributed by atoms with Crippen LogP contribution in [0.2, 0.25) is 0 Å². The summed E-state index contributed by atoms with van der Waals surface area (Å²) >= 11 is 0. The topological polar surface area (TPSA) is 34.0 Å². The van der Waals surface area contributed by atoms with Crippen molar-refractivity contribution in [1.29, 1.82) is 0 Å². The normalized spacial score (nSPS) is 10.8. The highest BCUT2D eigenvalue weighted by Crippen LogP contribution is 2.30. The number of nitrogens with one attached hydrogen (secondary N) is 1. The van der Waals surface area contributed by atoms with Gasteiger partial charge in [-0.15, -0.1) is 0 Å². The maximum Gasteiger partial charge on any atom is 0.253 e. The molecule has 0 aliphatic rings. The Hall–Kier alpha value is -3.73. The highest BCUT2D eigenvalue weighted by atomic mass is 19.1. The van der Waals surface area contributed by atoms with Gasteiger partial charge in [-0.05, 0) is 42.7 Å². The van der Waals surface area contributed by atoms with Crippen LogP contribution >= 0.6 is 0 Å². The van der Waals surface area contributed by atoms with E-state index in [2.05, 4.69) is 5.32 Å². The second kappa shape index (κ2) is 8.96. The lowest BCUT2D eigenvalue weighted by Gasteiger charge is -2.13. The monoisotopic (exact) mass is 416 g/mol. The van der Waals surface area contributed by atoms with Gasteiger partial charge in [-0.1, -0.05) is 60.7 Å². The van der Waals surface area contributed by atoms with Gasteiger partial charge in [0, 0.05) is 18.3 Å². The molecule has 1 N–H and O–H groups in total. The molecule has 3 nitrogen and oxygen atoms in total. The highest BCUT2D eigenvalue weighted by Gasteiger charge is 2.21. The molecule has 4 rings (SSSR count). The van der Waals surface area contributed by atoms with Crippen molar-refractivity contribution < 1.29 is 13.6 Å². The zero-order valence-corrected chi connectivity index (χ0v) is 17.1. The minimum Gasteiger partial charge on any atom is -0.352 e. The Morgan fingerprint density at radius 2 is 1.58 bits per heavy atom. The second-order valence-electron chi connectivity index (χ2n) is 7.32. The average molecular weight is 416 g/mol. The van der Waals surface area contributed by atoms with Crippen LogP contribution in [0, 0.1) is 18.6 Å². The summed E-state index contributed by atoms with van der Waals surface area (Å²) < 4.78 is 29.8. The van der Waals surface area contributed by atoms with Gasteiger partial charge in [0.2, 0.25) is 0 Å². The molecule has 0 saturated carbocycles. The molecule has 3 aromatic carbocycles. The SMILES string of the molecule is Cc1c(C(=O)NCCc2ccccc2)cc(-c2ccccc2)n1-c1ccc(F)cc1F. The summed E-state index contributed by atoms with van der Waals surface area (Å²) in [5, 5.41) is 2.95. The van der Waals surface area contributed by atoms with Gasteiger partial charge >= 0.3 is 0 Å². The van der Waals surface area contributed by atoms with Gasteiger partial charge in [0.1, 0.15) is 11.6 Å². The number of rotatable bonds is 6. The molecule has 0 aliphatic carbocycles. The third-order valence-corrected chi connectivity index (χ3v) is 5.25. The van der Waals surface area contributed by atoms with E-state index >= 15 is 0 Å². The Kier molecular flexibility index (Phi) is 5.94. The number of aromatic nitrogens is 1. The molecule has 1 heterocycles. The lowest BCUT2D eigenvalue weighted by atomic mass is 10.1. The molecule has 0 unspecified atom stereocenters. The van der Waals surface area contributed by atoms with Gasteiger partial charge < -0.3 is 9.88 Å². The highest BCUT2D eigenvalue weighted by molar-refractivity contribution is 5.97. The first kappa shape index (κ1) is 20.5. The number of benzene rings is 3. The molecule has 0 saturated heterocycles. The summed E-state index contributed by atoms with van der Waals surface area (Å²) in [5.74, 6) is -1.56. The van der Waals surface area contributed by atoms with E-state index in [0.29, 0.717) is 29.9 Å². The second-order valence-corrected chi connectivity index (χ2v) is 7.32. The first-order valence-electron chi connectivity index (χ1n) is 10.1. The number of halogens is 2. The maximum atomic E-state index is 14.7. The molecule has 0 bridgehead atoms. The van der Waals surface area contributed by atoms with Crippen molar-refractivity contribution >= 4 is 5.91 Å². The van der Waals surface area contributed by atoms with Crippen LogP contribution in [0.15, 0.2) is 84.9 Å². The van der Waals surface area contributed by atoms with E-state index in [1.54, 1.807) is 17.6 Å². The minimum absolute atomic E-state index is 0.195. The number of amides is 1. The molecule has 5 heteroatoms. The molecular formula is C26H22F2N2O. The van der Waals surface area contributed by atoms with Gasteiger partial charge in [0.15, 0.2) is 0 Å². The van der Waals surface area contributed by atoms with Crippen LogP contribution in [0.4, 0.5) is 8.78 Å². The molecule has 0 radical (unpaired) electrons. The standard InChI is InChI=1S/C26H22F2N2O/c1-18-22(26(31)29-15-14-19-8-4-2-5-9-19)17-25(20-10-6-3-7-11-20)30(18)24-13-12-21(27)16-23(24)28/h2-13,16-17H,14-15H2,1H3,(H,29,31). The van der Waals surface area contributed by atoms with E-state index in [4.69, 9.17) is 0 Å². The van der Waals surface area contributed by atoms with E-state index < -0.39 is 11.6 Å². The number of nitrogens with zero attached hydrogens (tertiary/aromatic N) is 1. The molecule has 156 valence electrons. The van der Waals surface area contributed by atoms with Crippen LogP contribution in [0.25, 0.3) is 16.9 Å². The van der Waals surface area contributed by atoms with Crippen LogP contribution < -0.4 is 5.32 Å². The smallest absolute Gasteiger partial charge is 0.253 e. The molecule has 0 aliphatic heterocycles. The average Bonchev–Trinajstić information content (AvgIpc) is 3.12. The summed E-state index contributed by atoms with van der Waals surface area (Å²) in [5.41, 5.74) is 3.86. The fraction of sp³-hybridized carbons (Fsp3) is 0.115. The van der Waals surface area contributed by atoms with Gasteiger partial charge in [-0.3, -0.25) is 4.79 Å². The fourth-order valence-electron chi connectivity index (χ4n) is 3.69. The third kappa shape index (κ3) is 4.40. The van der Waals surface area contributed by atoms with Crippen LogP contribution in [0.3, 0.4) is 0 Å². The lowest BCUT2D eigenvalue weighted by Crippen LogP contribution is -2.26. The molecule has 1 amide bonds. The van der Waals surface area contributed by atoms with Crippen LogP contribution in [-0.4, -0.2) is 17.0 Å². The zero-order valence-electron chi connectivity index (χ0n) is 17.1. The Morgan fingerprint density at radius 3 is 2.26 bits per heavy atom. The molecule has 4 aromatic rings. The minimum atomic E-state index is -0.688. The maximum absolute atomic E-state index is 14.7. The van der Waals surface area contributed by atoms with E-state index in [1.165, 1.54) is 12.1 Å². The van der Waals surface area contributed by atoms with Crippen LogP contribution in [-0.2, 0) is 6.42 Å². The number of hydrogen-bond donors (Lipinski definition) is 1. The zero-order chi connectivity index (χ0) is 21.8. The lowest BCUT2D eigenvalue weighted by molar-refractivity contribution is 0.0953. The van der Waals surface area contributed by atoms with Crippen LogP contribution in [0.1, 0.15) is 21.6 Å². The third-order valence-electron chi connectivity index (χ3n) is 5.25. The summed E-state index contributed by atoms with van der Waals surface area (Å²) in [6.45, 7) is 2.25. The summed E-state index contributed by atoms with van der Waals surface area (Å²) in [4.78, 5) is 12.9. The number of carbonyl (C=O) groups is 1. The van der Waals surface area contributed by atoms with Gasteiger partial charge in [0.05, 0.1) is 16.9 Å². The molecule has 0 fully saturated rings. The van der Waals surface area contributed by atoms with Crippen molar-refractivity contribution in [2.75, 3.05) is 6.54 Å². The number of hydrogen-bond acceptors (Lipinski definition) is 1. The van der Waals surface area contributed by atoms with Gasteiger partial charge in [0.25, 0.3) is 5.91 Å². The van der Waals surface area contributed by atoms with Crippen molar-refractivity contribution in [3.05, 3.63) is 113 Å². The van der Waals surface area contributed by atoms with Gasteiger partial charge in [-0.25, -0.2) is 8.78 Å². The van der Waals surface area contributed by atoms with E-state index in [-0.39, 0.29) is 11.6 Å². The molecule has 0 spiro atoms. The molecule has 31 heavy (non-hydrogen) atoms. The summed E-state index contributed by atoms with van der Waals surface area (Å²) in [6, 6.07) is 24.5. The predicted molar refractivity (Wildman–Crippen MR) is 118 cm³/mol. The van der Waals surface area contributed by atoms with Crippen molar-refractivity contribution in [3.8, 4) is 16.9 Å². The van der Waals surface area contributed by atoms with Crippen molar-refractivity contribution in [2.24, 2.45) is 0 Å². The largest absolute Gasteiger partial charge is 0.352 e. The fourth-order valence-corrected chi connectivity index (χ4v) is 3.69. The van der Waals surface area contributed by atoms with Crippen LogP contribution in [0.5, 0.6) is 0 Å². The summed E-state index contributed by atoms with van der Waals surface area (Å²) in [7, 11) is 0. The number of carbonyl (C=O) groups excluding carboxylic acids is 1. The Morgan fingerprint density at radius 1 is 0.903 bits per heavy atom. The predicted octanol–water partition coefficient (Wildman–Crippen LogP) is 5.70. The Labute approximate surface area is 180 Å². The van der Waals surface area contributed by atoms with Crippen molar-refractivity contribution in [1.82, 2.24) is 9.88 Å². The molecule has 0 atom stereocenters. The quantitative estimate of drug-likeness (QED) is 0.430. The molecule has 1 aromatic heterocycles. The first-order chi connectivity index (χ1) is 15.0. The first-order valence-corrected chi connectivity index (χ1v) is 10.1. The van der Waals surface area contributed by atoms with Crippen molar-refractivity contribution in [3.63, 3.8) is 0 Å². The van der Waals surface area contributed by atoms with E-state index in [0.717, 1.165) is 17.2 Å². The van der Waals surface area contributed by atoms with Gasteiger partial charge in [-0.2, -0.15) is 0 Å². The van der Waals surface area contributed by atoms with Crippen molar-refractivity contribution in [2.45, 2.75) is 13.3 Å². The van der Waals surface area contributed by atoms with E-state index in [1.807, 2.05) is 60.7 Å². The Bertz CT molecular complexity index is 1200. The summed E-state index contributed by atoms with van der Waals surface area (Å²) in [6.07, 6.45) is 0.713. The Balaban J connectivity index is 1.69.